The van der Waals surface area contributed by atoms with Crippen molar-refractivity contribution in [1.29, 1.82) is 0 Å². The van der Waals surface area contributed by atoms with Crippen LogP contribution in [0.1, 0.15) is 15.9 Å². The number of Topliss-reactive ketones (excluding diaryl/α,β-unsaturated/α-hetero) is 1. The van der Waals surface area contributed by atoms with Crippen molar-refractivity contribution in [2.24, 2.45) is 0 Å². The Morgan fingerprint density at radius 3 is 2.43 bits per heavy atom. The Morgan fingerprint density at radius 2 is 1.70 bits per heavy atom. The van der Waals surface area contributed by atoms with Gasteiger partial charge in [0, 0.05) is 6.07 Å². The first-order valence-corrected chi connectivity index (χ1v) is 7.25. The maximum absolute atomic E-state index is 12.7. The van der Waals surface area contributed by atoms with Crippen LogP contribution in [-0.2, 0) is 0 Å². The Hall–Kier alpha value is -3.14. The molecular weight excluding hydrogens is 290 g/mol. The van der Waals surface area contributed by atoms with Crippen molar-refractivity contribution in [1.82, 2.24) is 0 Å². The first-order chi connectivity index (χ1) is 11.2. The van der Waals surface area contributed by atoms with E-state index in [-0.39, 0.29) is 11.5 Å². The molecule has 0 N–H and O–H groups in total. The van der Waals surface area contributed by atoms with Gasteiger partial charge in [-0.3, -0.25) is 4.79 Å². The van der Waals surface area contributed by atoms with E-state index in [1.165, 1.54) is 0 Å². The molecule has 1 aliphatic rings. The van der Waals surface area contributed by atoms with Gasteiger partial charge in [0.25, 0.3) is 11.5 Å². The van der Waals surface area contributed by atoms with Gasteiger partial charge in [-0.1, -0.05) is 30.3 Å². The van der Waals surface area contributed by atoms with E-state index in [4.69, 9.17) is 4.74 Å². The number of methoxy groups -OCH3 is 1. The smallest absolute Gasteiger partial charge is 0.273 e. The number of nitrogens with zero attached hydrogens (tertiary/aromatic N) is 1. The van der Waals surface area contributed by atoms with Crippen molar-refractivity contribution in [3.63, 3.8) is 0 Å². The molecule has 112 valence electrons. The Bertz CT molecular complexity index is 989. The van der Waals surface area contributed by atoms with Crippen LogP contribution in [0.25, 0.3) is 10.8 Å². The van der Waals surface area contributed by atoms with Crippen LogP contribution in [0.2, 0.25) is 0 Å². The fourth-order valence-electron chi connectivity index (χ4n) is 2.94. The van der Waals surface area contributed by atoms with E-state index >= 15 is 0 Å². The average molecular weight is 303 g/mol. The second kappa shape index (κ2) is 4.95. The molecule has 3 aromatic carbocycles. The molecule has 3 aromatic rings. The molecular formula is C19H13NO3. The molecule has 1 heterocycles. The van der Waals surface area contributed by atoms with Crippen LogP contribution in [0, 0.1) is 5.21 Å². The van der Waals surface area contributed by atoms with Crippen LogP contribution in [0.4, 0.5) is 5.69 Å². The van der Waals surface area contributed by atoms with Crippen LogP contribution in [0.5, 0.6) is 5.75 Å². The fraction of sp³-hybridized carbons (Fsp3) is 0.0526. The highest BCUT2D eigenvalue weighted by atomic mass is 16.5. The molecule has 0 fully saturated rings. The van der Waals surface area contributed by atoms with E-state index in [2.05, 4.69) is 0 Å². The van der Waals surface area contributed by atoms with Gasteiger partial charge in [0.1, 0.15) is 11.3 Å². The number of hydrogen-bond acceptors (Lipinski definition) is 3. The molecule has 0 atom stereocenters. The third-order valence-electron chi connectivity index (χ3n) is 4.09. The molecule has 0 saturated heterocycles. The number of ether oxygens (including phenoxy) is 1. The van der Waals surface area contributed by atoms with Crippen LogP contribution >= 0.6 is 0 Å². The monoisotopic (exact) mass is 303 g/mol. The summed E-state index contributed by atoms with van der Waals surface area (Å²) in [5.41, 5.74) is 1.53. The average Bonchev–Trinajstić information content (AvgIpc) is 2.83. The largest absolute Gasteiger partial charge is 0.618 e. The first-order valence-electron chi connectivity index (χ1n) is 7.25. The zero-order valence-electron chi connectivity index (χ0n) is 12.4. The molecule has 0 amide bonds. The number of carbonyl (C=O) groups is 1. The SMILES string of the molecule is COc1cccc(C2=[N+]([O-])c3cc4ccccc4cc3C2=O)c1. The first kappa shape index (κ1) is 13.5. The minimum absolute atomic E-state index is 0.134. The van der Waals surface area contributed by atoms with Gasteiger partial charge >= 0.3 is 0 Å². The van der Waals surface area contributed by atoms with Crippen molar-refractivity contribution in [2.75, 3.05) is 7.11 Å². The summed E-state index contributed by atoms with van der Waals surface area (Å²) in [5, 5.41) is 14.6. The topological polar surface area (TPSA) is 52.4 Å². The lowest BCUT2D eigenvalue weighted by atomic mass is 10.00. The lowest BCUT2D eigenvalue weighted by Crippen LogP contribution is -2.16. The zero-order chi connectivity index (χ0) is 16.0. The van der Waals surface area contributed by atoms with Crippen LogP contribution in [0.15, 0.2) is 60.7 Å². The molecule has 0 saturated carbocycles. The van der Waals surface area contributed by atoms with E-state index in [9.17, 15) is 10.0 Å². The Kier molecular flexibility index (Phi) is 2.91. The minimum Gasteiger partial charge on any atom is -0.618 e. The molecule has 0 radical (unpaired) electrons. The number of hydrogen-bond donors (Lipinski definition) is 0. The van der Waals surface area contributed by atoms with E-state index in [0.29, 0.717) is 22.6 Å². The van der Waals surface area contributed by atoms with Gasteiger partial charge < -0.3 is 9.94 Å². The highest BCUT2D eigenvalue weighted by Crippen LogP contribution is 2.32. The van der Waals surface area contributed by atoms with Crippen molar-refractivity contribution in [2.45, 2.75) is 0 Å². The maximum Gasteiger partial charge on any atom is 0.273 e. The lowest BCUT2D eigenvalue weighted by molar-refractivity contribution is -0.355. The Balaban J connectivity index is 1.93. The van der Waals surface area contributed by atoms with Crippen LogP contribution in [-0.4, -0.2) is 23.3 Å². The summed E-state index contributed by atoms with van der Waals surface area (Å²) in [4.78, 5) is 12.7. The van der Waals surface area contributed by atoms with Crippen LogP contribution < -0.4 is 4.74 Å². The van der Waals surface area contributed by atoms with E-state index in [1.54, 1.807) is 43.5 Å². The molecule has 0 aromatic heterocycles. The van der Waals surface area contributed by atoms with Gasteiger partial charge in [0.15, 0.2) is 0 Å². The second-order valence-electron chi connectivity index (χ2n) is 5.42. The van der Waals surface area contributed by atoms with Crippen molar-refractivity contribution in [3.8, 4) is 5.75 Å². The highest BCUT2D eigenvalue weighted by molar-refractivity contribution is 6.52. The van der Waals surface area contributed by atoms with Gasteiger partial charge in [0.2, 0.25) is 5.69 Å². The third kappa shape index (κ3) is 1.99. The summed E-state index contributed by atoms with van der Waals surface area (Å²) >= 11 is 0. The summed E-state index contributed by atoms with van der Waals surface area (Å²) in [7, 11) is 1.55. The van der Waals surface area contributed by atoms with Gasteiger partial charge in [0.05, 0.1) is 12.7 Å². The highest BCUT2D eigenvalue weighted by Gasteiger charge is 2.37. The van der Waals surface area contributed by atoms with Crippen LogP contribution in [0.3, 0.4) is 0 Å². The lowest BCUT2D eigenvalue weighted by Gasteiger charge is -2.04. The predicted octanol–water partition coefficient (Wildman–Crippen LogP) is 3.68. The summed E-state index contributed by atoms with van der Waals surface area (Å²) < 4.78 is 5.90. The van der Waals surface area contributed by atoms with Gasteiger partial charge in [-0.15, -0.1) is 0 Å². The molecule has 0 spiro atoms. The number of carbonyl (C=O) groups excluding carboxylic acids is 1. The molecule has 0 bridgehead atoms. The summed E-state index contributed by atoms with van der Waals surface area (Å²) in [5.74, 6) is 0.353. The second-order valence-corrected chi connectivity index (χ2v) is 5.42. The maximum atomic E-state index is 12.7. The van der Waals surface area contributed by atoms with E-state index in [1.807, 2.05) is 24.3 Å². The molecule has 4 rings (SSSR count). The van der Waals surface area contributed by atoms with Crippen molar-refractivity contribution in [3.05, 3.63) is 77.0 Å². The van der Waals surface area contributed by atoms with Gasteiger partial charge in [-0.2, -0.15) is 4.74 Å². The number of fused-ring (bicyclic) bond motifs is 2. The van der Waals surface area contributed by atoms with E-state index < -0.39 is 0 Å². The Labute approximate surface area is 132 Å². The summed E-state index contributed by atoms with van der Waals surface area (Å²) in [6.45, 7) is 0. The Morgan fingerprint density at radius 1 is 0.957 bits per heavy atom. The predicted molar refractivity (Wildman–Crippen MR) is 88.7 cm³/mol. The van der Waals surface area contributed by atoms with Crippen molar-refractivity contribution >= 4 is 28.0 Å². The van der Waals surface area contributed by atoms with E-state index in [0.717, 1.165) is 15.5 Å². The fourth-order valence-corrected chi connectivity index (χ4v) is 2.94. The van der Waals surface area contributed by atoms with Gasteiger partial charge in [-0.05, 0) is 35.0 Å². The number of rotatable bonds is 2. The molecule has 0 unspecified atom stereocenters. The molecule has 4 heteroatoms. The minimum atomic E-state index is -0.256. The third-order valence-corrected chi connectivity index (χ3v) is 4.09. The van der Waals surface area contributed by atoms with Crippen molar-refractivity contribution < 1.29 is 14.3 Å². The quantitative estimate of drug-likeness (QED) is 0.536. The molecule has 1 aliphatic heterocycles. The molecule has 0 aliphatic carbocycles. The zero-order valence-corrected chi connectivity index (χ0v) is 12.4. The standard InChI is InChI=1S/C19H13NO3/c1-23-15-8-4-7-14(9-15)18-19(21)16-10-12-5-2-3-6-13(12)11-17(16)20(18)22/h2-11H,1H3. The summed E-state index contributed by atoms with van der Waals surface area (Å²) in [6, 6.07) is 18.2. The van der Waals surface area contributed by atoms with Gasteiger partial charge in [-0.25, -0.2) is 0 Å². The number of benzene rings is 3. The summed E-state index contributed by atoms with van der Waals surface area (Å²) in [6.07, 6.45) is 0. The molecule has 23 heavy (non-hydrogen) atoms. The normalized spacial score (nSPS) is 13.5. The number of ketones is 1. The molecule has 4 nitrogen and oxygen atoms in total.